The molecule has 5 heteroatoms. The van der Waals surface area contributed by atoms with Crippen molar-refractivity contribution >= 4 is 22.2 Å². The number of thiazole rings is 1. The van der Waals surface area contributed by atoms with Crippen LogP contribution in [0.3, 0.4) is 0 Å². The van der Waals surface area contributed by atoms with E-state index in [-0.39, 0.29) is 0 Å². The van der Waals surface area contributed by atoms with Gasteiger partial charge in [-0.2, -0.15) is 5.10 Å². The molecule has 0 fully saturated rings. The molecule has 0 aliphatic carbocycles. The molecule has 3 rings (SSSR count). The number of benzene rings is 1. The molecule has 1 N–H and O–H groups in total. The number of rotatable bonds is 6. The SMILES string of the molecule is CCCNCc1nn(Cc2nccs2)c2ccccc12. The summed E-state index contributed by atoms with van der Waals surface area (Å²) in [5, 5.41) is 12.5. The van der Waals surface area contributed by atoms with Gasteiger partial charge in [-0.3, -0.25) is 4.68 Å². The van der Waals surface area contributed by atoms with Crippen LogP contribution in [0.2, 0.25) is 0 Å². The predicted octanol–water partition coefficient (Wildman–Crippen LogP) is 3.04. The first-order chi connectivity index (χ1) is 9.88. The molecule has 3 aromatic rings. The highest BCUT2D eigenvalue weighted by Crippen LogP contribution is 2.20. The van der Waals surface area contributed by atoms with Crippen molar-refractivity contribution in [2.24, 2.45) is 0 Å². The van der Waals surface area contributed by atoms with E-state index in [1.807, 2.05) is 11.6 Å². The Morgan fingerprint density at radius 3 is 3.00 bits per heavy atom. The zero-order valence-electron chi connectivity index (χ0n) is 11.5. The zero-order valence-corrected chi connectivity index (χ0v) is 12.4. The van der Waals surface area contributed by atoms with Crippen molar-refractivity contribution in [2.45, 2.75) is 26.4 Å². The maximum Gasteiger partial charge on any atom is 0.114 e. The number of nitrogens with one attached hydrogen (secondary N) is 1. The molecule has 2 heterocycles. The lowest BCUT2D eigenvalue weighted by Crippen LogP contribution is -2.14. The second kappa shape index (κ2) is 6.15. The van der Waals surface area contributed by atoms with Crippen LogP contribution in [0, 0.1) is 0 Å². The Labute approximate surface area is 122 Å². The largest absolute Gasteiger partial charge is 0.311 e. The van der Waals surface area contributed by atoms with E-state index in [1.54, 1.807) is 11.3 Å². The fourth-order valence-corrected chi connectivity index (χ4v) is 2.89. The summed E-state index contributed by atoms with van der Waals surface area (Å²) < 4.78 is 2.05. The van der Waals surface area contributed by atoms with Crippen molar-refractivity contribution in [3.63, 3.8) is 0 Å². The first-order valence-corrected chi connectivity index (χ1v) is 7.80. The smallest absolute Gasteiger partial charge is 0.114 e. The Kier molecular flexibility index (Phi) is 4.08. The van der Waals surface area contributed by atoms with Gasteiger partial charge in [0.1, 0.15) is 5.01 Å². The third-order valence-corrected chi connectivity index (χ3v) is 3.99. The molecule has 0 spiro atoms. The van der Waals surface area contributed by atoms with E-state index in [1.165, 1.54) is 10.9 Å². The Balaban J connectivity index is 1.91. The van der Waals surface area contributed by atoms with Gasteiger partial charge in [0, 0.05) is 23.5 Å². The second-order valence-electron chi connectivity index (χ2n) is 4.72. The topological polar surface area (TPSA) is 42.7 Å². The van der Waals surface area contributed by atoms with Crippen LogP contribution in [0.4, 0.5) is 0 Å². The van der Waals surface area contributed by atoms with Gasteiger partial charge >= 0.3 is 0 Å². The molecule has 0 saturated heterocycles. The number of aromatic nitrogens is 3. The van der Waals surface area contributed by atoms with Crippen molar-refractivity contribution in [3.8, 4) is 0 Å². The van der Waals surface area contributed by atoms with Gasteiger partial charge in [-0.15, -0.1) is 11.3 Å². The first kappa shape index (κ1) is 13.3. The first-order valence-electron chi connectivity index (χ1n) is 6.92. The van der Waals surface area contributed by atoms with Crippen molar-refractivity contribution in [1.82, 2.24) is 20.1 Å². The number of hydrogen-bond donors (Lipinski definition) is 1. The van der Waals surface area contributed by atoms with Gasteiger partial charge in [0.2, 0.25) is 0 Å². The van der Waals surface area contributed by atoms with Crippen LogP contribution >= 0.6 is 11.3 Å². The molecule has 0 unspecified atom stereocenters. The van der Waals surface area contributed by atoms with Crippen LogP contribution in [0.15, 0.2) is 35.8 Å². The summed E-state index contributed by atoms with van der Waals surface area (Å²) in [6.07, 6.45) is 2.98. The number of nitrogens with zero attached hydrogens (tertiary/aromatic N) is 3. The molecule has 0 aliphatic heterocycles. The third-order valence-electron chi connectivity index (χ3n) is 3.22. The minimum atomic E-state index is 0.742. The highest BCUT2D eigenvalue weighted by atomic mass is 32.1. The quantitative estimate of drug-likeness (QED) is 0.708. The van der Waals surface area contributed by atoms with Gasteiger partial charge in [-0.05, 0) is 19.0 Å². The Bertz CT molecular complexity index is 672. The predicted molar refractivity (Wildman–Crippen MR) is 82.9 cm³/mol. The van der Waals surface area contributed by atoms with Gasteiger partial charge in [0.05, 0.1) is 17.8 Å². The Hall–Kier alpha value is -1.72. The van der Waals surface area contributed by atoms with Gasteiger partial charge in [0.25, 0.3) is 0 Å². The molecule has 0 radical (unpaired) electrons. The summed E-state index contributed by atoms with van der Waals surface area (Å²) in [7, 11) is 0. The van der Waals surface area contributed by atoms with E-state index in [4.69, 9.17) is 5.10 Å². The normalized spacial score (nSPS) is 11.2. The molecule has 0 atom stereocenters. The summed E-state index contributed by atoms with van der Waals surface area (Å²) in [4.78, 5) is 4.35. The molecule has 104 valence electrons. The van der Waals surface area contributed by atoms with E-state index >= 15 is 0 Å². The van der Waals surface area contributed by atoms with Crippen molar-refractivity contribution in [2.75, 3.05) is 6.54 Å². The monoisotopic (exact) mass is 286 g/mol. The van der Waals surface area contributed by atoms with Crippen LogP contribution in [-0.2, 0) is 13.1 Å². The lowest BCUT2D eigenvalue weighted by atomic mass is 10.2. The third kappa shape index (κ3) is 2.73. The molecule has 20 heavy (non-hydrogen) atoms. The molecule has 1 aromatic carbocycles. The number of hydrogen-bond acceptors (Lipinski definition) is 4. The molecule has 4 nitrogen and oxygen atoms in total. The maximum absolute atomic E-state index is 4.76. The second-order valence-corrected chi connectivity index (χ2v) is 5.70. The van der Waals surface area contributed by atoms with Gasteiger partial charge in [-0.25, -0.2) is 4.98 Å². The number of fused-ring (bicyclic) bond motifs is 1. The van der Waals surface area contributed by atoms with Gasteiger partial charge < -0.3 is 5.32 Å². The Morgan fingerprint density at radius 2 is 2.20 bits per heavy atom. The summed E-state index contributed by atoms with van der Waals surface area (Å²) in [5.41, 5.74) is 2.29. The molecule has 0 aliphatic rings. The minimum Gasteiger partial charge on any atom is -0.311 e. The summed E-state index contributed by atoms with van der Waals surface area (Å²) in [6.45, 7) is 4.75. The molecular formula is C15H18N4S. The average Bonchev–Trinajstić information content (AvgIpc) is 3.09. The van der Waals surface area contributed by atoms with Crippen molar-refractivity contribution in [3.05, 3.63) is 46.5 Å². The average molecular weight is 286 g/mol. The molecule has 0 saturated carbocycles. The van der Waals surface area contributed by atoms with E-state index in [0.29, 0.717) is 0 Å². The highest BCUT2D eigenvalue weighted by Gasteiger charge is 2.10. The van der Waals surface area contributed by atoms with Gasteiger partial charge in [0.15, 0.2) is 0 Å². The standard InChI is InChI=1S/C15H18N4S/c1-2-7-16-10-13-12-5-3-4-6-14(12)19(18-13)11-15-17-8-9-20-15/h3-6,8-9,16H,2,7,10-11H2,1H3. The molecule has 2 aromatic heterocycles. The lowest BCUT2D eigenvalue weighted by Gasteiger charge is -2.00. The van der Waals surface area contributed by atoms with E-state index in [2.05, 4.69) is 46.2 Å². The fourth-order valence-electron chi connectivity index (χ4n) is 2.29. The van der Waals surface area contributed by atoms with Crippen LogP contribution in [0.25, 0.3) is 10.9 Å². The van der Waals surface area contributed by atoms with E-state index in [0.717, 1.165) is 36.8 Å². The molecular weight excluding hydrogens is 268 g/mol. The minimum absolute atomic E-state index is 0.742. The summed E-state index contributed by atoms with van der Waals surface area (Å²) in [6, 6.07) is 8.40. The molecule has 0 bridgehead atoms. The Morgan fingerprint density at radius 1 is 1.30 bits per heavy atom. The fraction of sp³-hybridized carbons (Fsp3) is 0.333. The lowest BCUT2D eigenvalue weighted by molar-refractivity contribution is 0.635. The van der Waals surface area contributed by atoms with Crippen LogP contribution in [-0.4, -0.2) is 21.3 Å². The van der Waals surface area contributed by atoms with E-state index in [9.17, 15) is 0 Å². The maximum atomic E-state index is 4.76. The summed E-state index contributed by atoms with van der Waals surface area (Å²) >= 11 is 1.67. The molecule has 0 amide bonds. The van der Waals surface area contributed by atoms with Crippen molar-refractivity contribution in [1.29, 1.82) is 0 Å². The zero-order chi connectivity index (χ0) is 13.8. The highest BCUT2D eigenvalue weighted by molar-refractivity contribution is 7.09. The van der Waals surface area contributed by atoms with Crippen LogP contribution in [0.1, 0.15) is 24.0 Å². The van der Waals surface area contributed by atoms with E-state index < -0.39 is 0 Å². The van der Waals surface area contributed by atoms with Crippen molar-refractivity contribution < 1.29 is 0 Å². The van der Waals surface area contributed by atoms with Crippen LogP contribution in [0.5, 0.6) is 0 Å². The van der Waals surface area contributed by atoms with Crippen LogP contribution < -0.4 is 5.32 Å². The summed E-state index contributed by atoms with van der Waals surface area (Å²) in [5.74, 6) is 0. The number of para-hydroxylation sites is 1. The van der Waals surface area contributed by atoms with Gasteiger partial charge in [-0.1, -0.05) is 25.1 Å².